The third kappa shape index (κ3) is 15.5. The van der Waals surface area contributed by atoms with Gasteiger partial charge in [0.15, 0.2) is 0 Å². The summed E-state index contributed by atoms with van der Waals surface area (Å²) in [6.07, 6.45) is 14.0. The number of thiol groups is 1. The van der Waals surface area contributed by atoms with Gasteiger partial charge in [-0.3, -0.25) is 0 Å². The van der Waals surface area contributed by atoms with E-state index in [1.165, 1.54) is 75.7 Å². The van der Waals surface area contributed by atoms with Gasteiger partial charge in [-0.1, -0.05) is 65.2 Å². The Kier molecular flexibility index (Phi) is 17.9. The molecule has 0 aliphatic carbocycles. The Hall–Kier alpha value is 1.48. The van der Waals surface area contributed by atoms with E-state index in [4.69, 9.17) is 12.2 Å². The molecule has 0 saturated carbocycles. The maximum Gasteiger partial charge on any atom is 0.0697 e. The first-order valence-electron chi connectivity index (χ1n) is 7.56. The van der Waals surface area contributed by atoms with Gasteiger partial charge in [0.2, 0.25) is 0 Å². The van der Waals surface area contributed by atoms with Crippen molar-refractivity contribution in [2.24, 2.45) is 0 Å². The normalized spacial score (nSPS) is 11.3. The first-order valence-corrected chi connectivity index (χ1v) is 13.2. The van der Waals surface area contributed by atoms with Crippen LogP contribution >= 0.6 is 40.5 Å². The van der Waals surface area contributed by atoms with Crippen LogP contribution in [0.2, 0.25) is 0 Å². The number of unbranched alkanes of at least 4 members (excludes halogenated alkanes) is 8. The molecule has 0 amide bonds. The number of hydrogen-bond acceptors (Lipinski definition) is 3. The van der Waals surface area contributed by atoms with Crippen molar-refractivity contribution in [3.05, 3.63) is 0 Å². The van der Waals surface area contributed by atoms with E-state index < -0.39 is 0 Å². The SMILES string of the molecule is CCCCCCCSP(S)SCCCCCCC. The van der Waals surface area contributed by atoms with Crippen LogP contribution in [-0.4, -0.2) is 11.5 Å². The van der Waals surface area contributed by atoms with Crippen molar-refractivity contribution in [3.8, 4) is 0 Å². The van der Waals surface area contributed by atoms with Crippen molar-refractivity contribution in [1.29, 1.82) is 0 Å². The molecule has 0 radical (unpaired) electrons. The van der Waals surface area contributed by atoms with E-state index in [0.717, 1.165) is 0 Å². The van der Waals surface area contributed by atoms with Gasteiger partial charge in [-0.05, 0) is 24.3 Å². The van der Waals surface area contributed by atoms with Gasteiger partial charge in [0, 0.05) is 0 Å². The predicted octanol–water partition coefficient (Wildman–Crippen LogP) is 7.55. The van der Waals surface area contributed by atoms with Crippen LogP contribution in [0.1, 0.15) is 78.1 Å². The molecule has 0 heterocycles. The molecule has 0 rings (SSSR count). The summed E-state index contributed by atoms with van der Waals surface area (Å²) in [5.41, 5.74) is -0.102. The Bertz CT molecular complexity index is 140. The standard InChI is InChI=1S/C14H31PS3/c1-3-5-7-9-11-13-17-15(16)18-14-12-10-8-6-4-2/h16H,3-14H2,1-2H3. The lowest BCUT2D eigenvalue weighted by atomic mass is 10.2. The molecule has 0 fully saturated rings. The van der Waals surface area contributed by atoms with Gasteiger partial charge >= 0.3 is 0 Å². The van der Waals surface area contributed by atoms with Gasteiger partial charge < -0.3 is 0 Å². The second kappa shape index (κ2) is 16.5. The summed E-state index contributed by atoms with van der Waals surface area (Å²) in [5.74, 6) is 2.64. The van der Waals surface area contributed by atoms with Crippen molar-refractivity contribution in [2.45, 2.75) is 78.1 Å². The lowest BCUT2D eigenvalue weighted by molar-refractivity contribution is 0.659. The van der Waals surface area contributed by atoms with Gasteiger partial charge in [0.05, 0.1) is 5.53 Å². The molecule has 0 aliphatic heterocycles. The first kappa shape index (κ1) is 19.5. The molecule has 0 aromatic carbocycles. The third-order valence-corrected chi connectivity index (χ3v) is 10.7. The van der Waals surface area contributed by atoms with Crippen molar-refractivity contribution < 1.29 is 0 Å². The van der Waals surface area contributed by atoms with E-state index in [1.54, 1.807) is 0 Å². The highest BCUT2D eigenvalue weighted by atomic mass is 33.4. The molecule has 0 nitrogen and oxygen atoms in total. The van der Waals surface area contributed by atoms with Gasteiger partial charge in [-0.2, -0.15) is 0 Å². The highest BCUT2D eigenvalue weighted by Crippen LogP contribution is 2.64. The van der Waals surface area contributed by atoms with E-state index in [-0.39, 0.29) is 5.53 Å². The van der Waals surface area contributed by atoms with Crippen molar-refractivity contribution >= 4 is 40.5 Å². The number of rotatable bonds is 14. The van der Waals surface area contributed by atoms with Gasteiger partial charge in [0.1, 0.15) is 0 Å². The van der Waals surface area contributed by atoms with E-state index in [2.05, 4.69) is 36.6 Å². The summed E-state index contributed by atoms with van der Waals surface area (Å²) >= 11 is 8.90. The average Bonchev–Trinajstić information content (AvgIpc) is 2.38. The van der Waals surface area contributed by atoms with E-state index in [9.17, 15) is 0 Å². The van der Waals surface area contributed by atoms with Crippen molar-refractivity contribution in [3.63, 3.8) is 0 Å². The van der Waals surface area contributed by atoms with Crippen LogP contribution in [0.15, 0.2) is 0 Å². The Balaban J connectivity index is 3.10. The Morgan fingerprint density at radius 2 is 1.06 bits per heavy atom. The van der Waals surface area contributed by atoms with Gasteiger partial charge in [0.25, 0.3) is 0 Å². The quantitative estimate of drug-likeness (QED) is 0.199. The zero-order chi connectivity index (χ0) is 13.5. The van der Waals surface area contributed by atoms with Crippen LogP contribution < -0.4 is 0 Å². The minimum Gasteiger partial charge on any atom is -0.130 e. The molecule has 0 aromatic rings. The maximum absolute atomic E-state index is 4.71. The topological polar surface area (TPSA) is 0 Å². The Morgan fingerprint density at radius 3 is 1.44 bits per heavy atom. The van der Waals surface area contributed by atoms with Crippen LogP contribution in [0.4, 0.5) is 0 Å². The fraction of sp³-hybridized carbons (Fsp3) is 1.00. The average molecular weight is 327 g/mol. The Labute approximate surface area is 130 Å². The molecule has 0 bridgehead atoms. The first-order chi connectivity index (χ1) is 8.81. The molecule has 110 valence electrons. The van der Waals surface area contributed by atoms with Crippen LogP contribution in [0.25, 0.3) is 0 Å². The summed E-state index contributed by atoms with van der Waals surface area (Å²) in [5, 5.41) is 0. The van der Waals surface area contributed by atoms with E-state index in [1.807, 2.05) is 0 Å². The minimum atomic E-state index is -0.102. The largest absolute Gasteiger partial charge is 0.130 e. The smallest absolute Gasteiger partial charge is 0.0697 e. The molecule has 0 saturated heterocycles. The summed E-state index contributed by atoms with van der Waals surface area (Å²) in [4.78, 5) is 0. The summed E-state index contributed by atoms with van der Waals surface area (Å²) in [7, 11) is 0. The molecule has 0 atom stereocenters. The molecule has 0 spiro atoms. The summed E-state index contributed by atoms with van der Waals surface area (Å²) < 4.78 is 0. The van der Waals surface area contributed by atoms with Crippen LogP contribution in [0, 0.1) is 0 Å². The van der Waals surface area contributed by atoms with Crippen molar-refractivity contribution in [2.75, 3.05) is 11.5 Å². The molecular weight excluding hydrogens is 295 g/mol. The second-order valence-electron chi connectivity index (χ2n) is 4.73. The highest BCUT2D eigenvalue weighted by Gasteiger charge is 2.03. The molecule has 0 aromatic heterocycles. The maximum atomic E-state index is 4.71. The Morgan fingerprint density at radius 1 is 0.667 bits per heavy atom. The van der Waals surface area contributed by atoms with Crippen LogP contribution in [0.5, 0.6) is 0 Å². The number of hydrogen-bond donors (Lipinski definition) is 1. The van der Waals surface area contributed by atoms with Crippen molar-refractivity contribution in [1.82, 2.24) is 0 Å². The van der Waals surface area contributed by atoms with Crippen LogP contribution in [-0.2, 0) is 0 Å². The third-order valence-electron chi connectivity index (χ3n) is 2.90. The molecule has 18 heavy (non-hydrogen) atoms. The van der Waals surface area contributed by atoms with E-state index in [0.29, 0.717) is 0 Å². The summed E-state index contributed by atoms with van der Waals surface area (Å²) in [6, 6.07) is 0. The van der Waals surface area contributed by atoms with Crippen LogP contribution in [0.3, 0.4) is 0 Å². The minimum absolute atomic E-state index is 0.102. The molecule has 0 N–H and O–H groups in total. The van der Waals surface area contributed by atoms with E-state index >= 15 is 0 Å². The summed E-state index contributed by atoms with van der Waals surface area (Å²) in [6.45, 7) is 4.55. The fourth-order valence-electron chi connectivity index (χ4n) is 1.73. The lowest BCUT2D eigenvalue weighted by Crippen LogP contribution is -1.81. The van der Waals surface area contributed by atoms with Gasteiger partial charge in [-0.15, -0.1) is 35.0 Å². The molecule has 4 heteroatoms. The fourth-order valence-corrected chi connectivity index (χ4v) is 8.20. The predicted molar refractivity (Wildman–Crippen MR) is 98.3 cm³/mol. The zero-order valence-corrected chi connectivity index (χ0v) is 15.6. The zero-order valence-electron chi connectivity index (χ0n) is 12.2. The highest BCUT2D eigenvalue weighted by molar-refractivity contribution is 9.09. The molecule has 0 unspecified atom stereocenters. The van der Waals surface area contributed by atoms with Gasteiger partial charge in [-0.25, -0.2) is 0 Å². The molecular formula is C14H31PS3. The molecule has 0 aliphatic rings. The monoisotopic (exact) mass is 326 g/mol. The second-order valence-corrected chi connectivity index (χ2v) is 13.8. The lowest BCUT2D eigenvalue weighted by Gasteiger charge is -2.09.